The number of rotatable bonds is 9. The van der Waals surface area contributed by atoms with Gasteiger partial charge in [0.1, 0.15) is 12.4 Å². The normalized spacial score (nSPS) is 10.9. The highest BCUT2D eigenvalue weighted by Gasteiger charge is 2.10. The van der Waals surface area contributed by atoms with Crippen LogP contribution in [0.15, 0.2) is 42.5 Å². The fraction of sp³-hybridized carbons (Fsp3) is 0.286. The number of carbonyl (C=O) groups is 1. The first-order valence-electron chi connectivity index (χ1n) is 8.67. The summed E-state index contributed by atoms with van der Waals surface area (Å²) in [5.74, 6) is 0.559. The number of benzene rings is 2. The largest absolute Gasteiger partial charge is 0.493 e. The summed E-state index contributed by atoms with van der Waals surface area (Å²) in [5, 5.41) is 2.71. The molecule has 150 valence electrons. The van der Waals surface area contributed by atoms with Gasteiger partial charge in [-0.15, -0.1) is 0 Å². The molecule has 0 saturated carbocycles. The van der Waals surface area contributed by atoms with Gasteiger partial charge in [0.2, 0.25) is 5.91 Å². The van der Waals surface area contributed by atoms with Crippen LogP contribution in [0.5, 0.6) is 17.2 Å². The van der Waals surface area contributed by atoms with Crippen molar-refractivity contribution in [3.05, 3.63) is 59.2 Å². The van der Waals surface area contributed by atoms with Crippen molar-refractivity contribution in [3.63, 3.8) is 0 Å². The van der Waals surface area contributed by atoms with E-state index in [4.69, 9.17) is 9.47 Å². The van der Waals surface area contributed by atoms with E-state index in [1.165, 1.54) is 25.3 Å². The average molecular weight is 391 g/mol. The minimum absolute atomic E-state index is 0.0670. The Morgan fingerprint density at radius 3 is 2.46 bits per heavy atom. The van der Waals surface area contributed by atoms with Gasteiger partial charge >= 0.3 is 6.61 Å². The number of halogens is 2. The third-order valence-corrected chi connectivity index (χ3v) is 3.70. The third kappa shape index (κ3) is 6.90. The molecule has 1 N–H and O–H groups in total. The number of carbonyl (C=O) groups excluding carboxylic acids is 1. The average Bonchev–Trinajstić information content (AvgIpc) is 2.63. The maximum Gasteiger partial charge on any atom is 0.387 e. The topological polar surface area (TPSA) is 56.8 Å². The Bertz CT molecular complexity index is 817. The second-order valence-corrected chi connectivity index (χ2v) is 6.09. The van der Waals surface area contributed by atoms with Crippen molar-refractivity contribution in [2.75, 3.05) is 20.3 Å². The van der Waals surface area contributed by atoms with Gasteiger partial charge in [0, 0.05) is 6.08 Å². The fourth-order valence-electron chi connectivity index (χ4n) is 2.57. The van der Waals surface area contributed by atoms with Gasteiger partial charge in [-0.3, -0.25) is 4.79 Å². The number of methoxy groups -OCH3 is 1. The van der Waals surface area contributed by atoms with Crippen LogP contribution in [0.2, 0.25) is 0 Å². The van der Waals surface area contributed by atoms with Gasteiger partial charge in [-0.05, 0) is 60.9 Å². The maximum atomic E-state index is 12.3. The number of alkyl halides is 2. The summed E-state index contributed by atoms with van der Waals surface area (Å²) in [4.78, 5) is 11.9. The highest BCUT2D eigenvalue weighted by Crippen LogP contribution is 2.29. The van der Waals surface area contributed by atoms with Crippen LogP contribution in [0.3, 0.4) is 0 Å². The summed E-state index contributed by atoms with van der Waals surface area (Å²) in [6, 6.07) is 10.3. The Hall–Kier alpha value is -3.09. The van der Waals surface area contributed by atoms with Crippen LogP contribution in [0.4, 0.5) is 8.78 Å². The summed E-state index contributed by atoms with van der Waals surface area (Å²) in [5.41, 5.74) is 2.84. The zero-order chi connectivity index (χ0) is 20.5. The Balaban J connectivity index is 1.82. The first kappa shape index (κ1) is 21.2. The molecule has 2 rings (SSSR count). The number of amides is 1. The van der Waals surface area contributed by atoms with Crippen LogP contribution in [0, 0.1) is 13.8 Å². The van der Waals surface area contributed by atoms with Gasteiger partial charge in [-0.2, -0.15) is 8.78 Å². The molecule has 0 heterocycles. The van der Waals surface area contributed by atoms with E-state index in [1.807, 2.05) is 26.0 Å². The Morgan fingerprint density at radius 1 is 1.11 bits per heavy atom. The predicted molar refractivity (Wildman–Crippen MR) is 103 cm³/mol. The number of hydrogen-bond donors (Lipinski definition) is 1. The number of aryl methyl sites for hydroxylation is 2. The zero-order valence-electron chi connectivity index (χ0n) is 16.0. The van der Waals surface area contributed by atoms with Crippen molar-refractivity contribution in [1.29, 1.82) is 0 Å². The van der Waals surface area contributed by atoms with E-state index >= 15 is 0 Å². The highest BCUT2D eigenvalue weighted by atomic mass is 19.3. The lowest BCUT2D eigenvalue weighted by Gasteiger charge is -2.10. The molecular formula is C21H23F2NO4. The third-order valence-electron chi connectivity index (χ3n) is 3.70. The summed E-state index contributed by atoms with van der Waals surface area (Å²) in [6.07, 6.45) is 2.90. The van der Waals surface area contributed by atoms with Crippen LogP contribution in [0.25, 0.3) is 6.08 Å². The van der Waals surface area contributed by atoms with Crippen LogP contribution in [0.1, 0.15) is 16.7 Å². The van der Waals surface area contributed by atoms with Gasteiger partial charge in [-0.1, -0.05) is 12.1 Å². The fourth-order valence-corrected chi connectivity index (χ4v) is 2.57. The lowest BCUT2D eigenvalue weighted by atomic mass is 10.1. The molecule has 0 aliphatic rings. The van der Waals surface area contributed by atoms with Gasteiger partial charge in [-0.25, -0.2) is 0 Å². The smallest absolute Gasteiger partial charge is 0.387 e. The number of nitrogens with one attached hydrogen (secondary N) is 1. The molecule has 5 nitrogen and oxygen atoms in total. The standard InChI is InChI=1S/C21H23F2NO4/c1-14-10-15(2)12-17(11-14)27-9-8-24-20(25)7-5-16-4-6-18(28-21(22)23)19(13-16)26-3/h4-7,10-13,21H,8-9H2,1-3H3,(H,24,25). The number of hydrogen-bond acceptors (Lipinski definition) is 4. The SMILES string of the molecule is COc1cc(C=CC(=O)NCCOc2cc(C)cc(C)c2)ccc1OC(F)F. The van der Waals surface area contributed by atoms with Crippen molar-refractivity contribution >= 4 is 12.0 Å². The second kappa shape index (κ2) is 10.3. The number of ether oxygens (including phenoxy) is 3. The summed E-state index contributed by atoms with van der Waals surface area (Å²) < 4.78 is 39.7. The van der Waals surface area contributed by atoms with Crippen molar-refractivity contribution in [2.45, 2.75) is 20.5 Å². The molecule has 0 unspecified atom stereocenters. The molecule has 0 atom stereocenters. The zero-order valence-corrected chi connectivity index (χ0v) is 16.0. The predicted octanol–water partition coefficient (Wildman–Crippen LogP) is 4.12. The molecule has 1 amide bonds. The molecule has 0 saturated heterocycles. The van der Waals surface area contributed by atoms with E-state index in [-0.39, 0.29) is 17.4 Å². The minimum Gasteiger partial charge on any atom is -0.493 e. The molecule has 28 heavy (non-hydrogen) atoms. The quantitative estimate of drug-likeness (QED) is 0.516. The molecule has 2 aromatic carbocycles. The molecule has 0 fully saturated rings. The van der Waals surface area contributed by atoms with Crippen LogP contribution in [-0.2, 0) is 4.79 Å². The van der Waals surface area contributed by atoms with E-state index in [2.05, 4.69) is 16.1 Å². The molecule has 2 aromatic rings. The molecule has 0 aliphatic carbocycles. The van der Waals surface area contributed by atoms with Crippen molar-refractivity contribution < 1.29 is 27.8 Å². The van der Waals surface area contributed by atoms with Crippen molar-refractivity contribution in [3.8, 4) is 17.2 Å². The van der Waals surface area contributed by atoms with Crippen LogP contribution in [-0.4, -0.2) is 32.8 Å². The van der Waals surface area contributed by atoms with E-state index in [9.17, 15) is 13.6 Å². The summed E-state index contributed by atoms with van der Waals surface area (Å²) in [6.45, 7) is 1.74. The molecule has 0 aliphatic heterocycles. The molecule has 0 aromatic heterocycles. The van der Waals surface area contributed by atoms with E-state index in [1.54, 1.807) is 12.1 Å². The first-order valence-corrected chi connectivity index (χ1v) is 8.67. The summed E-state index contributed by atoms with van der Waals surface area (Å²) >= 11 is 0. The highest BCUT2D eigenvalue weighted by molar-refractivity contribution is 5.91. The minimum atomic E-state index is -2.94. The van der Waals surface area contributed by atoms with E-state index in [0.717, 1.165) is 16.9 Å². The Kier molecular flexibility index (Phi) is 7.80. The lowest BCUT2D eigenvalue weighted by molar-refractivity contribution is -0.116. The van der Waals surface area contributed by atoms with Crippen molar-refractivity contribution in [2.24, 2.45) is 0 Å². The first-order chi connectivity index (χ1) is 13.4. The van der Waals surface area contributed by atoms with E-state index in [0.29, 0.717) is 18.7 Å². The van der Waals surface area contributed by atoms with Gasteiger partial charge in [0.25, 0.3) is 0 Å². The van der Waals surface area contributed by atoms with E-state index < -0.39 is 6.61 Å². The molecule has 7 heteroatoms. The van der Waals surface area contributed by atoms with Gasteiger partial charge < -0.3 is 19.5 Å². The van der Waals surface area contributed by atoms with Crippen LogP contribution < -0.4 is 19.5 Å². The van der Waals surface area contributed by atoms with Crippen LogP contribution >= 0.6 is 0 Å². The van der Waals surface area contributed by atoms with Crippen molar-refractivity contribution in [1.82, 2.24) is 5.32 Å². The summed E-state index contributed by atoms with van der Waals surface area (Å²) in [7, 11) is 1.35. The van der Waals surface area contributed by atoms with Gasteiger partial charge in [0.15, 0.2) is 11.5 Å². The van der Waals surface area contributed by atoms with Gasteiger partial charge in [0.05, 0.1) is 13.7 Å². The Morgan fingerprint density at radius 2 is 1.82 bits per heavy atom. The molecule has 0 bridgehead atoms. The monoisotopic (exact) mass is 391 g/mol. The maximum absolute atomic E-state index is 12.3. The molecule has 0 spiro atoms. The second-order valence-electron chi connectivity index (χ2n) is 6.09. The molecule has 0 radical (unpaired) electrons. The Labute approximate surface area is 162 Å². The lowest BCUT2D eigenvalue weighted by Crippen LogP contribution is -2.26. The molecular weight excluding hydrogens is 368 g/mol.